The fraction of sp³-hybridized carbons (Fsp3) is 0.0833. The number of hydrogen-bond acceptors (Lipinski definition) is 2. The molecule has 0 amide bonds. The molecule has 0 fully saturated rings. The third-order valence-electron chi connectivity index (χ3n) is 2.24. The normalized spacial score (nSPS) is 21.1. The van der Waals surface area contributed by atoms with Crippen molar-refractivity contribution in [3.63, 3.8) is 0 Å². The van der Waals surface area contributed by atoms with Gasteiger partial charge >= 0.3 is 0 Å². The second kappa shape index (κ2) is 4.35. The van der Waals surface area contributed by atoms with Gasteiger partial charge in [0.1, 0.15) is 6.07 Å². The van der Waals surface area contributed by atoms with Gasteiger partial charge in [-0.2, -0.15) is 16.2 Å². The number of aliphatic hydroxyl groups is 1. The Kier molecular flexibility index (Phi) is 2.91. The lowest BCUT2D eigenvalue weighted by atomic mass is 10.2. The Balaban J connectivity index is 2.37. The first-order chi connectivity index (χ1) is 7.35. The molecule has 1 aliphatic rings. The van der Waals surface area contributed by atoms with Crippen LogP contribution in [-0.4, -0.2) is 11.7 Å². The largest absolute Gasteiger partial charge is 0.392 e. The summed E-state index contributed by atoms with van der Waals surface area (Å²) >= 11 is 0. The van der Waals surface area contributed by atoms with Gasteiger partial charge in [0.15, 0.2) is 0 Å². The summed E-state index contributed by atoms with van der Waals surface area (Å²) in [6.07, 6.45) is 1.93. The minimum Gasteiger partial charge on any atom is -0.392 e. The zero-order valence-corrected chi connectivity index (χ0v) is 8.98. The summed E-state index contributed by atoms with van der Waals surface area (Å²) < 4.78 is 0. The van der Waals surface area contributed by atoms with Crippen LogP contribution in [0, 0.1) is 11.3 Å². The van der Waals surface area contributed by atoms with Gasteiger partial charge in [-0.3, -0.25) is 0 Å². The Morgan fingerprint density at radius 3 is 2.80 bits per heavy atom. The zero-order chi connectivity index (χ0) is 10.7. The van der Waals surface area contributed by atoms with Crippen LogP contribution in [0.1, 0.15) is 5.56 Å². The molecule has 0 saturated heterocycles. The minimum absolute atomic E-state index is 0.0735. The Hall–Kier alpha value is -1.50. The molecule has 0 saturated carbocycles. The summed E-state index contributed by atoms with van der Waals surface area (Å²) in [6.45, 7) is 0.0735. The van der Waals surface area contributed by atoms with Crippen LogP contribution in [0.3, 0.4) is 0 Å². The highest BCUT2D eigenvalue weighted by Crippen LogP contribution is 2.45. The molecule has 1 heterocycles. The van der Waals surface area contributed by atoms with E-state index in [2.05, 4.69) is 11.5 Å². The molecular weight excluding hydrogens is 206 g/mol. The van der Waals surface area contributed by atoms with E-state index in [1.54, 1.807) is 0 Å². The topological polar surface area (TPSA) is 44.0 Å². The number of nitriles is 1. The second-order valence-electron chi connectivity index (χ2n) is 3.21. The molecular formula is C12H11NOS. The van der Waals surface area contributed by atoms with Gasteiger partial charge in [-0.25, -0.2) is 0 Å². The van der Waals surface area contributed by atoms with Crippen LogP contribution < -0.4 is 0 Å². The van der Waals surface area contributed by atoms with Crippen LogP contribution in [0.5, 0.6) is 0 Å². The third-order valence-corrected chi connectivity index (χ3v) is 4.27. The molecule has 2 rings (SSSR count). The monoisotopic (exact) mass is 217 g/mol. The van der Waals surface area contributed by atoms with Crippen LogP contribution in [0.15, 0.2) is 51.6 Å². The molecule has 0 aromatic heterocycles. The van der Waals surface area contributed by atoms with Crippen molar-refractivity contribution in [3.05, 3.63) is 52.3 Å². The quantitative estimate of drug-likeness (QED) is 0.747. The standard InChI is InChI=1S/C12H11NOS/c13-7-11-3-1-2-4-12(11)15-6-5-10(8-14)9-15/h1-6,9,14-15H,8H2. The Morgan fingerprint density at radius 2 is 2.13 bits per heavy atom. The molecule has 0 bridgehead atoms. The lowest BCUT2D eigenvalue weighted by Crippen LogP contribution is -1.83. The molecule has 15 heavy (non-hydrogen) atoms. The molecule has 2 nitrogen and oxygen atoms in total. The molecule has 0 aliphatic carbocycles. The van der Waals surface area contributed by atoms with Gasteiger partial charge in [-0.05, 0) is 28.5 Å². The number of hydrogen-bond donors (Lipinski definition) is 2. The maximum atomic E-state index is 8.98. The van der Waals surface area contributed by atoms with Crippen molar-refractivity contribution >= 4 is 10.9 Å². The van der Waals surface area contributed by atoms with Gasteiger partial charge in [0, 0.05) is 4.90 Å². The first kappa shape index (κ1) is 10.0. The van der Waals surface area contributed by atoms with Gasteiger partial charge in [0.25, 0.3) is 0 Å². The van der Waals surface area contributed by atoms with Crippen LogP contribution in [-0.2, 0) is 0 Å². The Bertz CT molecular complexity index is 471. The summed E-state index contributed by atoms with van der Waals surface area (Å²) in [4.78, 5) is 1.06. The molecule has 1 aliphatic heterocycles. The van der Waals surface area contributed by atoms with Crippen molar-refractivity contribution < 1.29 is 5.11 Å². The van der Waals surface area contributed by atoms with Gasteiger partial charge in [-0.1, -0.05) is 18.2 Å². The number of benzene rings is 1. The van der Waals surface area contributed by atoms with Crippen LogP contribution in [0.25, 0.3) is 0 Å². The molecule has 1 unspecified atom stereocenters. The van der Waals surface area contributed by atoms with Crippen LogP contribution in [0.2, 0.25) is 0 Å². The van der Waals surface area contributed by atoms with Crippen molar-refractivity contribution in [1.82, 2.24) is 0 Å². The lowest BCUT2D eigenvalue weighted by Gasteiger charge is -2.11. The van der Waals surface area contributed by atoms with E-state index in [1.807, 2.05) is 35.7 Å². The predicted molar refractivity (Wildman–Crippen MR) is 62.7 cm³/mol. The molecule has 1 atom stereocenters. The lowest BCUT2D eigenvalue weighted by molar-refractivity contribution is 0.335. The first-order valence-electron chi connectivity index (χ1n) is 4.62. The zero-order valence-electron chi connectivity index (χ0n) is 8.09. The fourth-order valence-electron chi connectivity index (χ4n) is 1.48. The van der Waals surface area contributed by atoms with E-state index in [4.69, 9.17) is 10.4 Å². The van der Waals surface area contributed by atoms with Crippen LogP contribution >= 0.6 is 10.9 Å². The molecule has 0 spiro atoms. The third kappa shape index (κ3) is 1.96. The first-order valence-corrected chi connectivity index (χ1v) is 6.10. The van der Waals surface area contributed by atoms with E-state index in [0.29, 0.717) is 0 Å². The predicted octanol–water partition coefficient (Wildman–Crippen LogP) is 2.32. The van der Waals surface area contributed by atoms with Gasteiger partial charge in [0.2, 0.25) is 0 Å². The van der Waals surface area contributed by atoms with E-state index >= 15 is 0 Å². The molecule has 1 aromatic carbocycles. The van der Waals surface area contributed by atoms with E-state index < -0.39 is 10.9 Å². The van der Waals surface area contributed by atoms with E-state index in [0.717, 1.165) is 16.0 Å². The van der Waals surface area contributed by atoms with Gasteiger partial charge < -0.3 is 5.11 Å². The highest BCUT2D eigenvalue weighted by atomic mass is 32.2. The van der Waals surface area contributed by atoms with E-state index in [-0.39, 0.29) is 6.61 Å². The average molecular weight is 217 g/mol. The smallest absolute Gasteiger partial charge is 0.100 e. The fourth-order valence-corrected chi connectivity index (χ4v) is 3.40. The summed E-state index contributed by atoms with van der Waals surface area (Å²) in [5, 5.41) is 22.1. The van der Waals surface area contributed by atoms with Crippen molar-refractivity contribution in [2.75, 3.05) is 6.61 Å². The van der Waals surface area contributed by atoms with Crippen molar-refractivity contribution in [1.29, 1.82) is 5.26 Å². The SMILES string of the molecule is N#Cc1ccccc1[SH]1C=CC(CO)=C1. The molecule has 1 N–H and O–H groups in total. The number of nitrogens with zero attached hydrogens (tertiary/aromatic N) is 1. The van der Waals surface area contributed by atoms with Gasteiger partial charge in [-0.15, -0.1) is 0 Å². The minimum atomic E-state index is -0.537. The molecule has 76 valence electrons. The number of rotatable bonds is 2. The van der Waals surface area contributed by atoms with E-state index in [1.165, 1.54) is 0 Å². The summed E-state index contributed by atoms with van der Waals surface area (Å²) in [6, 6.07) is 9.81. The molecule has 3 heteroatoms. The molecule has 0 radical (unpaired) electrons. The number of thiol groups is 1. The summed E-state index contributed by atoms with van der Waals surface area (Å²) in [5.74, 6) is 0. The second-order valence-corrected chi connectivity index (χ2v) is 5.07. The van der Waals surface area contributed by atoms with Gasteiger partial charge in [0.05, 0.1) is 12.2 Å². The van der Waals surface area contributed by atoms with Crippen molar-refractivity contribution in [2.45, 2.75) is 4.90 Å². The summed E-state index contributed by atoms with van der Waals surface area (Å²) in [5.41, 5.74) is 1.66. The van der Waals surface area contributed by atoms with E-state index in [9.17, 15) is 0 Å². The molecule has 1 aromatic rings. The van der Waals surface area contributed by atoms with Crippen molar-refractivity contribution in [3.8, 4) is 6.07 Å². The average Bonchev–Trinajstić information content (AvgIpc) is 2.77. The maximum absolute atomic E-state index is 8.98. The highest BCUT2D eigenvalue weighted by Gasteiger charge is 2.10. The Morgan fingerprint density at radius 1 is 1.33 bits per heavy atom. The van der Waals surface area contributed by atoms with Crippen LogP contribution in [0.4, 0.5) is 0 Å². The number of aliphatic hydroxyl groups excluding tert-OH is 1. The highest BCUT2D eigenvalue weighted by molar-refractivity contribution is 8.22. The van der Waals surface area contributed by atoms with Crippen molar-refractivity contribution in [2.24, 2.45) is 0 Å². The Labute approximate surface area is 91.5 Å². The maximum Gasteiger partial charge on any atom is 0.100 e. The summed E-state index contributed by atoms with van der Waals surface area (Å²) in [7, 11) is -0.537.